The van der Waals surface area contributed by atoms with Crippen molar-refractivity contribution >= 4 is 0 Å². The number of rotatable bonds is 2. The van der Waals surface area contributed by atoms with Crippen molar-refractivity contribution in [3.8, 4) is 0 Å². The fraction of sp³-hybridized carbons (Fsp3) is 0.800. The van der Waals surface area contributed by atoms with Crippen LogP contribution in [0.1, 0.15) is 38.5 Å². The third-order valence-corrected chi connectivity index (χ3v) is 3.52. The number of fused-ring (bicyclic) bond motifs is 1. The first-order valence-electron chi connectivity index (χ1n) is 4.76. The maximum absolute atomic E-state index is 3.77. The van der Waals surface area contributed by atoms with Gasteiger partial charge in [0.25, 0.3) is 0 Å². The molecule has 1 N–H and O–H groups in total. The third-order valence-electron chi connectivity index (χ3n) is 3.52. The van der Waals surface area contributed by atoms with Gasteiger partial charge in [-0.1, -0.05) is 19.4 Å². The molecule has 2 aliphatic rings. The average Bonchev–Trinajstić information content (AvgIpc) is 2.45. The van der Waals surface area contributed by atoms with Gasteiger partial charge in [-0.2, -0.15) is 0 Å². The molecule has 62 valence electrons. The smallest absolute Gasteiger partial charge is 0.0396 e. The molecule has 0 aliphatic heterocycles. The number of hydrogen-bond acceptors (Lipinski definition) is 1. The second-order valence-corrected chi connectivity index (χ2v) is 3.99. The van der Waals surface area contributed by atoms with Crippen molar-refractivity contribution in [3.05, 3.63) is 12.8 Å². The molecule has 2 rings (SSSR count). The molecule has 0 aromatic rings. The summed E-state index contributed by atoms with van der Waals surface area (Å²) in [6.45, 7) is 3.77. The molecule has 0 bridgehead atoms. The van der Waals surface area contributed by atoms with Crippen molar-refractivity contribution in [2.45, 2.75) is 44.1 Å². The summed E-state index contributed by atoms with van der Waals surface area (Å²) in [5, 5.41) is 3.48. The van der Waals surface area contributed by atoms with Crippen LogP contribution in [0.25, 0.3) is 0 Å². The Bertz CT molecular complexity index is 152. The zero-order chi connectivity index (χ0) is 7.73. The van der Waals surface area contributed by atoms with Crippen molar-refractivity contribution < 1.29 is 0 Å². The molecule has 0 saturated heterocycles. The molecule has 0 atom stereocenters. The first kappa shape index (κ1) is 7.20. The fourth-order valence-corrected chi connectivity index (χ4v) is 3.02. The van der Waals surface area contributed by atoms with Gasteiger partial charge in [0.15, 0.2) is 0 Å². The Morgan fingerprint density at radius 3 is 2.45 bits per heavy atom. The lowest BCUT2D eigenvalue weighted by Gasteiger charge is -2.29. The molecular formula is C10H17N. The van der Waals surface area contributed by atoms with E-state index in [1.165, 1.54) is 38.5 Å². The van der Waals surface area contributed by atoms with E-state index in [1.807, 2.05) is 6.20 Å². The first-order chi connectivity index (χ1) is 5.37. The molecule has 2 aliphatic carbocycles. The zero-order valence-electron chi connectivity index (χ0n) is 7.10. The third kappa shape index (κ3) is 0.979. The van der Waals surface area contributed by atoms with Crippen molar-refractivity contribution in [1.29, 1.82) is 0 Å². The van der Waals surface area contributed by atoms with Gasteiger partial charge in [-0.25, -0.2) is 0 Å². The normalized spacial score (nSPS) is 42.0. The van der Waals surface area contributed by atoms with Crippen molar-refractivity contribution in [1.82, 2.24) is 5.32 Å². The van der Waals surface area contributed by atoms with Gasteiger partial charge in [0, 0.05) is 5.54 Å². The molecule has 1 nitrogen and oxygen atoms in total. The minimum atomic E-state index is 0.488. The van der Waals surface area contributed by atoms with Crippen molar-refractivity contribution in [3.63, 3.8) is 0 Å². The monoisotopic (exact) mass is 151 g/mol. The lowest BCUT2D eigenvalue weighted by Crippen LogP contribution is -2.41. The van der Waals surface area contributed by atoms with E-state index in [0.29, 0.717) is 5.54 Å². The van der Waals surface area contributed by atoms with Gasteiger partial charge in [0.05, 0.1) is 0 Å². The number of hydrogen-bond donors (Lipinski definition) is 1. The predicted molar refractivity (Wildman–Crippen MR) is 47.3 cm³/mol. The Morgan fingerprint density at radius 2 is 1.91 bits per heavy atom. The molecule has 0 amide bonds. The van der Waals surface area contributed by atoms with Crippen LogP contribution in [0.15, 0.2) is 12.8 Å². The van der Waals surface area contributed by atoms with Crippen LogP contribution < -0.4 is 5.32 Å². The van der Waals surface area contributed by atoms with Gasteiger partial charge in [-0.05, 0) is 37.8 Å². The summed E-state index contributed by atoms with van der Waals surface area (Å²) in [5.41, 5.74) is 0.488. The predicted octanol–water partition coefficient (Wildman–Crippen LogP) is 2.44. The van der Waals surface area contributed by atoms with Gasteiger partial charge in [0.1, 0.15) is 0 Å². The molecule has 2 saturated carbocycles. The Labute approximate surface area is 68.9 Å². The highest BCUT2D eigenvalue weighted by molar-refractivity contribution is 5.04. The molecule has 0 radical (unpaired) electrons. The summed E-state index contributed by atoms with van der Waals surface area (Å²) in [5.74, 6) is 0.959. The van der Waals surface area contributed by atoms with Gasteiger partial charge >= 0.3 is 0 Å². The molecule has 2 fully saturated rings. The van der Waals surface area contributed by atoms with E-state index in [2.05, 4.69) is 11.9 Å². The summed E-state index contributed by atoms with van der Waals surface area (Å²) >= 11 is 0. The maximum atomic E-state index is 3.77. The summed E-state index contributed by atoms with van der Waals surface area (Å²) in [6, 6.07) is 0. The van der Waals surface area contributed by atoms with Crippen LogP contribution in [0.4, 0.5) is 0 Å². The van der Waals surface area contributed by atoms with E-state index in [-0.39, 0.29) is 0 Å². The summed E-state index contributed by atoms with van der Waals surface area (Å²) < 4.78 is 0. The van der Waals surface area contributed by atoms with Gasteiger partial charge in [0.2, 0.25) is 0 Å². The molecule has 0 unspecified atom stereocenters. The minimum Gasteiger partial charge on any atom is -0.386 e. The molecule has 11 heavy (non-hydrogen) atoms. The Morgan fingerprint density at radius 1 is 1.27 bits per heavy atom. The molecule has 0 aromatic carbocycles. The van der Waals surface area contributed by atoms with Crippen molar-refractivity contribution in [2.75, 3.05) is 0 Å². The highest BCUT2D eigenvalue weighted by Gasteiger charge is 2.44. The Hall–Kier alpha value is -0.460. The van der Waals surface area contributed by atoms with Crippen LogP contribution in [0, 0.1) is 5.92 Å². The molecule has 0 aromatic heterocycles. The fourth-order valence-electron chi connectivity index (χ4n) is 3.02. The minimum absolute atomic E-state index is 0.488. The van der Waals surface area contributed by atoms with Crippen LogP contribution in [-0.4, -0.2) is 5.54 Å². The van der Waals surface area contributed by atoms with Crippen molar-refractivity contribution in [2.24, 2.45) is 5.92 Å². The second kappa shape index (κ2) is 2.54. The van der Waals surface area contributed by atoms with E-state index >= 15 is 0 Å². The quantitative estimate of drug-likeness (QED) is 0.639. The molecule has 0 heterocycles. The lowest BCUT2D eigenvalue weighted by atomic mass is 9.91. The van der Waals surface area contributed by atoms with Gasteiger partial charge in [-0.3, -0.25) is 0 Å². The number of nitrogens with one attached hydrogen (secondary N) is 1. The largest absolute Gasteiger partial charge is 0.386 e. The van der Waals surface area contributed by atoms with E-state index in [4.69, 9.17) is 0 Å². The topological polar surface area (TPSA) is 12.0 Å². The van der Waals surface area contributed by atoms with Gasteiger partial charge in [-0.15, -0.1) is 0 Å². The summed E-state index contributed by atoms with van der Waals surface area (Å²) in [7, 11) is 0. The van der Waals surface area contributed by atoms with Crippen LogP contribution in [-0.2, 0) is 0 Å². The molecule has 0 spiro atoms. The summed E-state index contributed by atoms with van der Waals surface area (Å²) in [4.78, 5) is 0. The second-order valence-electron chi connectivity index (χ2n) is 3.99. The zero-order valence-corrected chi connectivity index (χ0v) is 7.10. The maximum Gasteiger partial charge on any atom is 0.0396 e. The van der Waals surface area contributed by atoms with Gasteiger partial charge < -0.3 is 5.32 Å². The van der Waals surface area contributed by atoms with E-state index in [9.17, 15) is 0 Å². The standard InChI is InChI=1S/C10H17N/c1-2-11-10-7-3-5-9(10)6-4-8-10/h2,9,11H,1,3-8H2. The first-order valence-corrected chi connectivity index (χ1v) is 4.76. The lowest BCUT2D eigenvalue weighted by molar-refractivity contribution is 0.318. The highest BCUT2D eigenvalue weighted by Crippen LogP contribution is 2.47. The van der Waals surface area contributed by atoms with E-state index in [0.717, 1.165) is 5.92 Å². The molecular weight excluding hydrogens is 134 g/mol. The molecule has 1 heteroatoms. The highest BCUT2D eigenvalue weighted by atomic mass is 15.0. The van der Waals surface area contributed by atoms with E-state index < -0.39 is 0 Å². The van der Waals surface area contributed by atoms with Crippen LogP contribution in [0.3, 0.4) is 0 Å². The Balaban J connectivity index is 2.13. The van der Waals surface area contributed by atoms with E-state index in [1.54, 1.807) is 0 Å². The van der Waals surface area contributed by atoms with Crippen LogP contribution >= 0.6 is 0 Å². The van der Waals surface area contributed by atoms with Crippen LogP contribution in [0.2, 0.25) is 0 Å². The average molecular weight is 151 g/mol. The summed E-state index contributed by atoms with van der Waals surface area (Å²) in [6.07, 6.45) is 10.4. The SMILES string of the molecule is C=CNC12CCCC1CCC2. The Kier molecular flexibility index (Phi) is 1.67. The van der Waals surface area contributed by atoms with Crippen LogP contribution in [0.5, 0.6) is 0 Å².